The molecule has 3 aliphatic carbocycles. The van der Waals surface area contributed by atoms with Crippen LogP contribution in [0.5, 0.6) is 0 Å². The van der Waals surface area contributed by atoms with Gasteiger partial charge in [0.1, 0.15) is 5.54 Å². The van der Waals surface area contributed by atoms with E-state index in [-0.39, 0.29) is 42.6 Å². The molecule has 2 aromatic rings. The Bertz CT molecular complexity index is 1570. The zero-order chi connectivity index (χ0) is 28.8. The predicted octanol–water partition coefficient (Wildman–Crippen LogP) is 4.33. The van der Waals surface area contributed by atoms with Crippen molar-refractivity contribution in [1.29, 1.82) is 0 Å². The molecule has 9 heteroatoms. The Hall–Kier alpha value is -3.46. The Morgan fingerprint density at radius 2 is 1.59 bits per heavy atom. The van der Waals surface area contributed by atoms with E-state index >= 15 is 0 Å². The number of carbonyl (C=O) groups excluding carboxylic acids is 3. The predicted molar refractivity (Wildman–Crippen MR) is 152 cm³/mol. The molecule has 0 N–H and O–H groups in total. The summed E-state index contributed by atoms with van der Waals surface area (Å²) in [4.78, 5) is 44.9. The Morgan fingerprint density at radius 1 is 0.951 bits per heavy atom. The molecule has 2 aliphatic heterocycles. The molecular formula is C32H35N3O5S. The topological polar surface area (TPSA) is 95.1 Å². The van der Waals surface area contributed by atoms with Crippen LogP contribution in [0.3, 0.4) is 0 Å². The number of imide groups is 1. The maximum atomic E-state index is 14.1. The van der Waals surface area contributed by atoms with Crippen LogP contribution in [-0.2, 0) is 32.7 Å². The van der Waals surface area contributed by atoms with Gasteiger partial charge in [0.05, 0.1) is 24.3 Å². The van der Waals surface area contributed by atoms with Crippen LogP contribution in [-0.4, -0.2) is 57.7 Å². The van der Waals surface area contributed by atoms with Crippen molar-refractivity contribution in [2.45, 2.75) is 64.2 Å². The minimum absolute atomic E-state index is 0.00386. The molecule has 4 fully saturated rings. The van der Waals surface area contributed by atoms with Gasteiger partial charge in [-0.3, -0.25) is 14.5 Å². The van der Waals surface area contributed by atoms with E-state index in [0.29, 0.717) is 12.3 Å². The summed E-state index contributed by atoms with van der Waals surface area (Å²) < 4.78 is 28.3. The van der Waals surface area contributed by atoms with Crippen molar-refractivity contribution in [3.63, 3.8) is 0 Å². The van der Waals surface area contributed by atoms with Crippen molar-refractivity contribution in [3.05, 3.63) is 83.9 Å². The third kappa shape index (κ3) is 3.57. The number of amides is 4. The summed E-state index contributed by atoms with van der Waals surface area (Å²) in [6.07, 6.45) is 5.88. The highest BCUT2D eigenvalue weighted by Crippen LogP contribution is 2.70. The van der Waals surface area contributed by atoms with Gasteiger partial charge >= 0.3 is 6.03 Å². The van der Waals surface area contributed by atoms with Crippen molar-refractivity contribution in [2.24, 2.45) is 22.7 Å². The van der Waals surface area contributed by atoms with E-state index in [1.807, 2.05) is 60.7 Å². The van der Waals surface area contributed by atoms with Crippen LogP contribution in [0.4, 0.5) is 4.79 Å². The Morgan fingerprint density at radius 3 is 2.22 bits per heavy atom. The molecule has 2 aromatic carbocycles. The van der Waals surface area contributed by atoms with Gasteiger partial charge in [-0.1, -0.05) is 86.7 Å². The monoisotopic (exact) mass is 573 g/mol. The summed E-state index contributed by atoms with van der Waals surface area (Å²) in [7, 11) is -3.80. The lowest BCUT2D eigenvalue weighted by Crippen LogP contribution is -2.49. The van der Waals surface area contributed by atoms with E-state index < -0.39 is 38.8 Å². The largest absolute Gasteiger partial charge is 0.328 e. The molecule has 2 saturated heterocycles. The van der Waals surface area contributed by atoms with Gasteiger partial charge in [0.15, 0.2) is 0 Å². The number of hydrogen-bond donors (Lipinski definition) is 0. The highest BCUT2D eigenvalue weighted by molar-refractivity contribution is 7.90. The summed E-state index contributed by atoms with van der Waals surface area (Å²) in [6.45, 7) is 4.64. The van der Waals surface area contributed by atoms with Crippen LogP contribution in [0, 0.1) is 22.7 Å². The molecular weight excluding hydrogens is 538 g/mol. The second kappa shape index (κ2) is 8.77. The number of benzene rings is 2. The molecule has 8 nitrogen and oxygen atoms in total. The number of rotatable bonds is 5. The molecule has 5 atom stereocenters. The third-order valence-electron chi connectivity index (χ3n) is 11.0. The molecule has 0 radical (unpaired) electrons. The molecule has 41 heavy (non-hydrogen) atoms. The quantitative estimate of drug-likeness (QED) is 0.392. The van der Waals surface area contributed by atoms with Crippen LogP contribution in [0.25, 0.3) is 0 Å². The van der Waals surface area contributed by atoms with Gasteiger partial charge in [0.25, 0.3) is 5.91 Å². The minimum Gasteiger partial charge on any atom is -0.302 e. The Balaban J connectivity index is 1.21. The molecule has 5 aliphatic rings. The first-order chi connectivity index (χ1) is 19.5. The van der Waals surface area contributed by atoms with Crippen molar-refractivity contribution < 1.29 is 22.8 Å². The van der Waals surface area contributed by atoms with Crippen molar-refractivity contribution >= 4 is 27.9 Å². The standard InChI is InChI=1S/C32H35N3O5S/c1-30(2)25-14-15-31(30)21-41(39,40)35(26(31)17-25)27(36)24-13-16-32(18-24)28(37)33(19-22-9-5-3-6-10-22)29(38)34(32)20-23-11-7-4-8-12-23/h3-13,16,24-26H,14-15,17-21H2,1-2H3/t24?,25-,26-,31-,32+/m1/s1. The van der Waals surface area contributed by atoms with Gasteiger partial charge in [0, 0.05) is 12.0 Å². The van der Waals surface area contributed by atoms with Gasteiger partial charge < -0.3 is 4.90 Å². The normalized spacial score (nSPS) is 34.3. The first kappa shape index (κ1) is 26.4. The molecule has 2 heterocycles. The maximum absolute atomic E-state index is 14.1. The van der Waals surface area contributed by atoms with E-state index in [9.17, 15) is 22.8 Å². The van der Waals surface area contributed by atoms with Gasteiger partial charge in [-0.2, -0.15) is 0 Å². The molecule has 1 unspecified atom stereocenters. The molecule has 4 amide bonds. The van der Waals surface area contributed by atoms with Crippen molar-refractivity contribution in [1.82, 2.24) is 14.1 Å². The van der Waals surface area contributed by atoms with E-state index in [2.05, 4.69) is 13.8 Å². The lowest BCUT2D eigenvalue weighted by atomic mass is 9.69. The van der Waals surface area contributed by atoms with E-state index in [4.69, 9.17) is 0 Å². The van der Waals surface area contributed by atoms with E-state index in [1.54, 1.807) is 17.1 Å². The summed E-state index contributed by atoms with van der Waals surface area (Å²) in [5.74, 6) is -1.26. The summed E-state index contributed by atoms with van der Waals surface area (Å²) in [5, 5.41) is 0. The number of urea groups is 1. The Labute approximate surface area is 241 Å². The van der Waals surface area contributed by atoms with Gasteiger partial charge in [-0.15, -0.1) is 0 Å². The summed E-state index contributed by atoms with van der Waals surface area (Å²) >= 11 is 0. The van der Waals surface area contributed by atoms with Crippen molar-refractivity contribution in [3.8, 4) is 0 Å². The lowest BCUT2D eigenvalue weighted by molar-refractivity contribution is -0.134. The SMILES string of the molecule is CC1(C)[C@@H]2CC[C@]13CS(=O)(=O)N(C(=O)C1C=C[C@]4(C1)C(=O)N(Cc1ccccc1)C(=O)N4Cc1ccccc1)[C@@H]3C2. The molecule has 2 bridgehead atoms. The first-order valence-electron chi connectivity index (χ1n) is 14.5. The van der Waals surface area contributed by atoms with Crippen LogP contribution in [0.2, 0.25) is 0 Å². The maximum Gasteiger partial charge on any atom is 0.328 e. The average Bonchev–Trinajstić information content (AvgIpc) is 3.67. The van der Waals surface area contributed by atoms with Crippen LogP contribution in [0.15, 0.2) is 72.8 Å². The summed E-state index contributed by atoms with van der Waals surface area (Å²) in [5.41, 5.74) is -0.224. The van der Waals surface area contributed by atoms with Crippen LogP contribution < -0.4 is 0 Å². The van der Waals surface area contributed by atoms with Gasteiger partial charge in [-0.25, -0.2) is 17.5 Å². The zero-order valence-corrected chi connectivity index (χ0v) is 24.2. The second-order valence-corrected chi connectivity index (χ2v) is 14.9. The number of nitrogens with zero attached hydrogens (tertiary/aromatic N) is 3. The molecule has 0 aromatic heterocycles. The minimum atomic E-state index is -3.80. The highest BCUT2D eigenvalue weighted by atomic mass is 32.2. The fourth-order valence-electron chi connectivity index (χ4n) is 8.65. The zero-order valence-electron chi connectivity index (χ0n) is 23.4. The third-order valence-corrected chi connectivity index (χ3v) is 12.9. The molecule has 2 saturated carbocycles. The highest BCUT2D eigenvalue weighted by Gasteiger charge is 2.73. The van der Waals surface area contributed by atoms with E-state index in [0.717, 1.165) is 24.0 Å². The van der Waals surface area contributed by atoms with Crippen LogP contribution in [0.1, 0.15) is 50.7 Å². The van der Waals surface area contributed by atoms with Gasteiger partial charge in [-0.05, 0) is 48.1 Å². The van der Waals surface area contributed by atoms with Crippen LogP contribution >= 0.6 is 0 Å². The fraction of sp³-hybridized carbons (Fsp3) is 0.469. The number of fused-ring (bicyclic) bond motifs is 1. The fourth-order valence-corrected chi connectivity index (χ4v) is 11.2. The second-order valence-electron chi connectivity index (χ2n) is 13.1. The first-order valence-corrected chi connectivity index (χ1v) is 16.1. The smallest absolute Gasteiger partial charge is 0.302 e. The summed E-state index contributed by atoms with van der Waals surface area (Å²) in [6, 6.07) is 18.1. The Kier molecular flexibility index (Phi) is 5.66. The molecule has 2 spiro atoms. The van der Waals surface area contributed by atoms with Gasteiger partial charge in [0.2, 0.25) is 15.9 Å². The average molecular weight is 574 g/mol. The number of carbonyl (C=O) groups is 3. The molecule has 7 rings (SSSR count). The molecule has 214 valence electrons. The number of hydrogen-bond acceptors (Lipinski definition) is 5. The van der Waals surface area contributed by atoms with Crippen molar-refractivity contribution in [2.75, 3.05) is 5.75 Å². The number of sulfonamides is 1. The van der Waals surface area contributed by atoms with E-state index in [1.165, 1.54) is 9.21 Å². The lowest BCUT2D eigenvalue weighted by Gasteiger charge is -2.37.